The Morgan fingerprint density at radius 3 is 1.62 bits per heavy atom. The molecule has 2 atom stereocenters. The number of hydrogen-bond acceptors (Lipinski definition) is 4. The van der Waals surface area contributed by atoms with E-state index in [0.29, 0.717) is 0 Å². The van der Waals surface area contributed by atoms with E-state index >= 15 is 0 Å². The van der Waals surface area contributed by atoms with Crippen molar-refractivity contribution in [1.82, 2.24) is 0 Å². The van der Waals surface area contributed by atoms with Crippen molar-refractivity contribution in [2.75, 3.05) is 46.3 Å². The van der Waals surface area contributed by atoms with Crippen molar-refractivity contribution in [3.63, 3.8) is 0 Å². The van der Waals surface area contributed by atoms with Crippen LogP contribution in [0.4, 0.5) is 0 Å². The molecular formula is C10H18Cl2S4. The van der Waals surface area contributed by atoms with E-state index in [-0.39, 0.29) is 0 Å². The van der Waals surface area contributed by atoms with Crippen molar-refractivity contribution >= 4 is 70.2 Å². The molecule has 1 rings (SSSR count). The minimum Gasteiger partial charge on any atom is -0.160 e. The molecule has 0 radical (unpaired) electrons. The Morgan fingerprint density at radius 1 is 0.875 bits per heavy atom. The second kappa shape index (κ2) is 10.9. The first kappa shape index (κ1) is 16.0. The van der Waals surface area contributed by atoms with E-state index < -0.39 is 0 Å². The molecule has 1 aliphatic rings. The summed E-state index contributed by atoms with van der Waals surface area (Å²) in [5, 5.41) is 1.68. The maximum atomic E-state index is 5.67. The SMILES string of the molecule is ClCCSCC1CSC(CSCCCl)CS1. The molecule has 0 N–H and O–H groups in total. The maximum Gasteiger partial charge on any atom is 0.0314 e. The molecule has 0 aromatic rings. The molecule has 1 heterocycles. The van der Waals surface area contributed by atoms with Gasteiger partial charge in [0.15, 0.2) is 0 Å². The van der Waals surface area contributed by atoms with Crippen LogP contribution in [0, 0.1) is 0 Å². The number of thioether (sulfide) groups is 4. The molecule has 0 aromatic carbocycles. The summed E-state index contributed by atoms with van der Waals surface area (Å²) in [7, 11) is 0. The molecule has 0 aliphatic carbocycles. The van der Waals surface area contributed by atoms with Crippen LogP contribution in [0.1, 0.15) is 0 Å². The summed E-state index contributed by atoms with van der Waals surface area (Å²) in [4.78, 5) is 0. The molecule has 1 fully saturated rings. The van der Waals surface area contributed by atoms with E-state index in [1.165, 1.54) is 23.0 Å². The molecule has 0 aromatic heterocycles. The lowest BCUT2D eigenvalue weighted by Gasteiger charge is -2.27. The summed E-state index contributed by atoms with van der Waals surface area (Å²) in [6, 6.07) is 0. The van der Waals surface area contributed by atoms with Gasteiger partial charge in [-0.2, -0.15) is 47.0 Å². The second-order valence-electron chi connectivity index (χ2n) is 3.44. The van der Waals surface area contributed by atoms with E-state index in [1.807, 2.05) is 23.5 Å². The van der Waals surface area contributed by atoms with Gasteiger partial charge in [0.1, 0.15) is 0 Å². The third kappa shape index (κ3) is 7.42. The molecule has 0 bridgehead atoms. The third-order valence-electron chi connectivity index (χ3n) is 2.09. The van der Waals surface area contributed by atoms with E-state index in [1.54, 1.807) is 0 Å². The Balaban J connectivity index is 2.00. The minimum absolute atomic E-state index is 0.785. The normalized spacial score (nSPS) is 25.9. The summed E-state index contributed by atoms with van der Waals surface area (Å²) in [6.45, 7) is 0. The predicted molar refractivity (Wildman–Crippen MR) is 88.6 cm³/mol. The zero-order valence-corrected chi connectivity index (χ0v) is 14.0. The lowest BCUT2D eigenvalue weighted by Crippen LogP contribution is -2.25. The molecule has 0 spiro atoms. The fourth-order valence-corrected chi connectivity index (χ4v) is 7.38. The van der Waals surface area contributed by atoms with Crippen LogP contribution in [0.3, 0.4) is 0 Å². The Bertz CT molecular complexity index is 145. The van der Waals surface area contributed by atoms with Crippen LogP contribution in [0.5, 0.6) is 0 Å². The molecule has 0 nitrogen and oxygen atoms in total. The molecule has 1 saturated heterocycles. The number of hydrogen-bond donors (Lipinski definition) is 0. The van der Waals surface area contributed by atoms with Crippen molar-refractivity contribution in [2.45, 2.75) is 10.5 Å². The van der Waals surface area contributed by atoms with Crippen molar-refractivity contribution in [3.05, 3.63) is 0 Å². The minimum atomic E-state index is 0.785. The van der Waals surface area contributed by atoms with Gasteiger partial charge in [0.2, 0.25) is 0 Å². The molecule has 0 amide bonds. The van der Waals surface area contributed by atoms with Gasteiger partial charge in [-0.1, -0.05) is 0 Å². The Kier molecular flexibility index (Phi) is 10.9. The Morgan fingerprint density at radius 2 is 1.31 bits per heavy atom. The second-order valence-corrected chi connectivity index (χ2v) is 9.16. The average molecular weight is 337 g/mol. The predicted octanol–water partition coefficient (Wildman–Crippen LogP) is 4.15. The highest BCUT2D eigenvalue weighted by Gasteiger charge is 2.21. The van der Waals surface area contributed by atoms with Gasteiger partial charge in [-0.15, -0.1) is 23.2 Å². The fourth-order valence-electron chi connectivity index (χ4n) is 1.31. The molecule has 16 heavy (non-hydrogen) atoms. The zero-order chi connectivity index (χ0) is 11.6. The lowest BCUT2D eigenvalue weighted by molar-refractivity contribution is 1.06. The topological polar surface area (TPSA) is 0 Å². The Labute approximate surface area is 126 Å². The number of rotatable bonds is 8. The lowest BCUT2D eigenvalue weighted by atomic mass is 10.5. The highest BCUT2D eigenvalue weighted by Crippen LogP contribution is 2.33. The van der Waals surface area contributed by atoms with Crippen LogP contribution in [0.15, 0.2) is 0 Å². The van der Waals surface area contributed by atoms with Crippen LogP contribution in [-0.2, 0) is 0 Å². The standard InChI is InChI=1S/C10H18Cl2S4/c11-1-3-13-5-9-7-16-10(8-15-9)6-14-4-2-12/h9-10H,1-8H2. The van der Waals surface area contributed by atoms with Gasteiger partial charge in [0, 0.05) is 56.8 Å². The van der Waals surface area contributed by atoms with E-state index in [0.717, 1.165) is 33.8 Å². The monoisotopic (exact) mass is 336 g/mol. The summed E-state index contributed by atoms with van der Waals surface area (Å²) in [6.07, 6.45) is 0. The van der Waals surface area contributed by atoms with E-state index in [2.05, 4.69) is 23.5 Å². The van der Waals surface area contributed by atoms with E-state index in [4.69, 9.17) is 23.2 Å². The van der Waals surface area contributed by atoms with Crippen molar-refractivity contribution in [2.24, 2.45) is 0 Å². The molecule has 96 valence electrons. The van der Waals surface area contributed by atoms with Crippen molar-refractivity contribution in [3.8, 4) is 0 Å². The number of halogens is 2. The quantitative estimate of drug-likeness (QED) is 0.482. The van der Waals surface area contributed by atoms with Crippen LogP contribution >= 0.6 is 70.2 Å². The zero-order valence-electron chi connectivity index (χ0n) is 9.20. The van der Waals surface area contributed by atoms with Crippen LogP contribution in [0.2, 0.25) is 0 Å². The first-order valence-electron chi connectivity index (χ1n) is 5.37. The van der Waals surface area contributed by atoms with Gasteiger partial charge in [-0.25, -0.2) is 0 Å². The summed E-state index contributed by atoms with van der Waals surface area (Å²) in [5.41, 5.74) is 0. The van der Waals surface area contributed by atoms with Crippen LogP contribution in [-0.4, -0.2) is 56.8 Å². The van der Waals surface area contributed by atoms with Gasteiger partial charge in [-0.3, -0.25) is 0 Å². The van der Waals surface area contributed by atoms with Gasteiger partial charge in [0.05, 0.1) is 0 Å². The van der Waals surface area contributed by atoms with E-state index in [9.17, 15) is 0 Å². The van der Waals surface area contributed by atoms with Gasteiger partial charge in [0.25, 0.3) is 0 Å². The first-order valence-corrected chi connectivity index (χ1v) is 10.8. The highest BCUT2D eigenvalue weighted by atomic mass is 35.5. The highest BCUT2D eigenvalue weighted by molar-refractivity contribution is 8.09. The molecule has 0 saturated carbocycles. The molecule has 2 unspecified atom stereocenters. The largest absolute Gasteiger partial charge is 0.160 e. The van der Waals surface area contributed by atoms with Gasteiger partial charge in [-0.05, 0) is 0 Å². The maximum absolute atomic E-state index is 5.67. The first-order chi connectivity index (χ1) is 7.86. The van der Waals surface area contributed by atoms with Gasteiger partial charge < -0.3 is 0 Å². The van der Waals surface area contributed by atoms with Gasteiger partial charge >= 0.3 is 0 Å². The number of alkyl halides is 2. The Hall–Kier alpha value is 1.98. The van der Waals surface area contributed by atoms with Crippen molar-refractivity contribution in [1.29, 1.82) is 0 Å². The average Bonchev–Trinajstić information content (AvgIpc) is 2.32. The summed E-state index contributed by atoms with van der Waals surface area (Å²) in [5.74, 6) is 8.92. The smallest absolute Gasteiger partial charge is 0.0314 e. The van der Waals surface area contributed by atoms with Crippen LogP contribution in [0.25, 0.3) is 0 Å². The molecule has 1 aliphatic heterocycles. The summed E-state index contributed by atoms with van der Waals surface area (Å²) < 4.78 is 0. The molecule has 6 heteroatoms. The summed E-state index contributed by atoms with van der Waals surface area (Å²) >= 11 is 19.6. The van der Waals surface area contributed by atoms with Crippen LogP contribution < -0.4 is 0 Å². The third-order valence-corrected chi connectivity index (χ3v) is 8.82. The fraction of sp³-hybridized carbons (Fsp3) is 1.00. The molecular weight excluding hydrogens is 319 g/mol. The van der Waals surface area contributed by atoms with Crippen molar-refractivity contribution < 1.29 is 0 Å².